The van der Waals surface area contributed by atoms with Crippen molar-refractivity contribution in [3.63, 3.8) is 0 Å². The third kappa shape index (κ3) is 5.05. The van der Waals surface area contributed by atoms with Crippen molar-refractivity contribution < 1.29 is 23.9 Å². The van der Waals surface area contributed by atoms with Crippen LogP contribution >= 0.6 is 0 Å². The van der Waals surface area contributed by atoms with Gasteiger partial charge in [-0.2, -0.15) is 0 Å². The van der Waals surface area contributed by atoms with Gasteiger partial charge in [0.2, 0.25) is 0 Å². The highest BCUT2D eigenvalue weighted by atomic mass is 16.5. The average molecular weight is 485 g/mol. The molecule has 7 heteroatoms. The van der Waals surface area contributed by atoms with Crippen molar-refractivity contribution in [3.05, 3.63) is 78.5 Å². The quantitative estimate of drug-likeness (QED) is 0.216. The lowest BCUT2D eigenvalue weighted by molar-refractivity contribution is -0.137. The number of para-hydroxylation sites is 1. The van der Waals surface area contributed by atoms with Crippen LogP contribution in [0.3, 0.4) is 0 Å². The smallest absolute Gasteiger partial charge is 0.305 e. The van der Waals surface area contributed by atoms with Crippen LogP contribution in [0, 0.1) is 6.92 Å². The molecule has 7 nitrogen and oxygen atoms in total. The third-order valence-corrected chi connectivity index (χ3v) is 6.20. The zero-order chi connectivity index (χ0) is 24.9. The van der Waals surface area contributed by atoms with E-state index in [-0.39, 0.29) is 6.42 Å². The van der Waals surface area contributed by atoms with Crippen LogP contribution in [0.15, 0.2) is 77.4 Å². The van der Waals surface area contributed by atoms with Crippen LogP contribution < -0.4 is 9.47 Å². The lowest BCUT2D eigenvalue weighted by Crippen LogP contribution is -2.05. The van der Waals surface area contributed by atoms with Crippen LogP contribution in [0.2, 0.25) is 0 Å². The Balaban J connectivity index is 1.20. The molecule has 0 fully saturated rings. The Hall–Kier alpha value is -4.26. The first-order valence-electron chi connectivity index (χ1n) is 12.1. The van der Waals surface area contributed by atoms with Crippen LogP contribution in [-0.4, -0.2) is 34.0 Å². The molecule has 0 atom stereocenters. The van der Waals surface area contributed by atoms with Gasteiger partial charge < -0.3 is 23.7 Å². The highest BCUT2D eigenvalue weighted by Gasteiger charge is 2.13. The van der Waals surface area contributed by atoms with Crippen LogP contribution in [0.25, 0.3) is 33.1 Å². The van der Waals surface area contributed by atoms with Gasteiger partial charge in [0.15, 0.2) is 5.76 Å². The van der Waals surface area contributed by atoms with Crippen molar-refractivity contribution in [2.75, 3.05) is 13.2 Å². The second-order valence-electron chi connectivity index (χ2n) is 8.77. The zero-order valence-corrected chi connectivity index (χ0v) is 20.1. The number of carboxylic acids is 1. The summed E-state index contributed by atoms with van der Waals surface area (Å²) in [7, 11) is 0. The van der Waals surface area contributed by atoms with E-state index in [0.717, 1.165) is 57.3 Å². The van der Waals surface area contributed by atoms with Gasteiger partial charge in [-0.15, -0.1) is 0 Å². The molecule has 5 rings (SSSR count). The number of rotatable bonds is 11. The monoisotopic (exact) mass is 484 g/mol. The number of unbranched alkanes of at least 4 members (excludes halogenated alkanes) is 1. The molecule has 3 aromatic carbocycles. The van der Waals surface area contributed by atoms with E-state index >= 15 is 0 Å². The number of benzene rings is 3. The van der Waals surface area contributed by atoms with Crippen LogP contribution in [-0.2, 0) is 11.3 Å². The highest BCUT2D eigenvalue weighted by molar-refractivity contribution is 6.08. The fraction of sp³-hybridized carbons (Fsp3) is 0.241. The molecule has 0 unspecified atom stereocenters. The van der Waals surface area contributed by atoms with E-state index in [1.165, 1.54) is 0 Å². The SMILES string of the molecule is Cc1ccc(OCCCCOc2ccc3c4ccccc4n(CCC(=O)O)c3c2)c(-c2ccno2)c1. The maximum Gasteiger partial charge on any atom is 0.305 e. The Labute approximate surface area is 208 Å². The molecule has 0 saturated carbocycles. The molecule has 0 bridgehead atoms. The summed E-state index contributed by atoms with van der Waals surface area (Å²) in [5.41, 5.74) is 4.04. The van der Waals surface area contributed by atoms with Gasteiger partial charge in [-0.1, -0.05) is 35.0 Å². The van der Waals surface area contributed by atoms with Crippen molar-refractivity contribution in [2.24, 2.45) is 0 Å². The molecule has 0 radical (unpaired) electrons. The number of aromatic nitrogens is 2. The second-order valence-corrected chi connectivity index (χ2v) is 8.77. The summed E-state index contributed by atoms with van der Waals surface area (Å²) in [5.74, 6) is 1.43. The number of carbonyl (C=O) groups is 1. The van der Waals surface area contributed by atoms with Gasteiger partial charge in [0.25, 0.3) is 0 Å². The lowest BCUT2D eigenvalue weighted by Gasteiger charge is -2.11. The highest BCUT2D eigenvalue weighted by Crippen LogP contribution is 2.32. The summed E-state index contributed by atoms with van der Waals surface area (Å²) in [4.78, 5) is 11.2. The minimum atomic E-state index is -0.811. The number of ether oxygens (including phenoxy) is 2. The predicted molar refractivity (Wildman–Crippen MR) is 139 cm³/mol. The van der Waals surface area contributed by atoms with E-state index in [9.17, 15) is 9.90 Å². The van der Waals surface area contributed by atoms with Gasteiger partial charge in [0.05, 0.1) is 36.9 Å². The van der Waals surface area contributed by atoms with Crippen LogP contribution in [0.4, 0.5) is 0 Å². The molecule has 36 heavy (non-hydrogen) atoms. The molecular formula is C29H28N2O5. The molecule has 0 aliphatic heterocycles. The molecule has 0 aliphatic carbocycles. The number of aryl methyl sites for hydroxylation is 2. The standard InChI is InChI=1S/C29H28N2O5/c1-20-8-11-27(24(18-20)28-12-14-30-36-28)35-17-5-4-16-34-21-9-10-23-22-6-2-3-7-25(22)31(26(23)19-21)15-13-29(32)33/h2-3,6-12,14,18-19H,4-5,13,15-17H2,1H3,(H,32,33). The first-order valence-corrected chi connectivity index (χ1v) is 12.1. The topological polar surface area (TPSA) is 86.7 Å². The van der Waals surface area contributed by atoms with Crippen LogP contribution in [0.1, 0.15) is 24.8 Å². The molecule has 0 amide bonds. The molecule has 0 spiro atoms. The molecule has 0 saturated heterocycles. The minimum Gasteiger partial charge on any atom is -0.494 e. The molecule has 184 valence electrons. The van der Waals surface area contributed by atoms with Crippen molar-refractivity contribution in [1.82, 2.24) is 9.72 Å². The van der Waals surface area contributed by atoms with E-state index in [1.54, 1.807) is 6.20 Å². The number of aliphatic carboxylic acids is 1. The largest absolute Gasteiger partial charge is 0.494 e. The van der Waals surface area contributed by atoms with E-state index in [1.807, 2.05) is 61.5 Å². The predicted octanol–water partition coefficient (Wildman–Crippen LogP) is 6.47. The first kappa shape index (κ1) is 23.5. The fourth-order valence-corrected chi connectivity index (χ4v) is 4.46. The summed E-state index contributed by atoms with van der Waals surface area (Å²) >= 11 is 0. The van der Waals surface area contributed by atoms with Crippen molar-refractivity contribution >= 4 is 27.8 Å². The van der Waals surface area contributed by atoms with Crippen molar-refractivity contribution in [2.45, 2.75) is 32.7 Å². The summed E-state index contributed by atoms with van der Waals surface area (Å²) in [5, 5.41) is 15.2. The van der Waals surface area contributed by atoms with E-state index in [0.29, 0.717) is 25.5 Å². The van der Waals surface area contributed by atoms with Gasteiger partial charge in [0.1, 0.15) is 11.5 Å². The number of nitrogens with zero attached hydrogens (tertiary/aromatic N) is 2. The Kier molecular flexibility index (Phi) is 6.89. The van der Waals surface area contributed by atoms with E-state index < -0.39 is 5.97 Å². The van der Waals surface area contributed by atoms with Gasteiger partial charge in [-0.3, -0.25) is 4.79 Å². The van der Waals surface area contributed by atoms with Crippen molar-refractivity contribution in [3.8, 4) is 22.8 Å². The molecule has 2 heterocycles. The summed E-state index contributed by atoms with van der Waals surface area (Å²) in [6, 6.07) is 21.9. The average Bonchev–Trinajstić information content (AvgIpc) is 3.52. The number of hydrogen-bond acceptors (Lipinski definition) is 5. The van der Waals surface area contributed by atoms with Gasteiger partial charge in [-0.05, 0) is 50.1 Å². The Morgan fingerprint density at radius 2 is 1.75 bits per heavy atom. The second kappa shape index (κ2) is 10.6. The van der Waals surface area contributed by atoms with E-state index in [2.05, 4.69) is 21.9 Å². The van der Waals surface area contributed by atoms with Crippen molar-refractivity contribution in [1.29, 1.82) is 0 Å². The Morgan fingerprint density at radius 3 is 2.56 bits per heavy atom. The number of fused-ring (bicyclic) bond motifs is 3. The number of hydrogen-bond donors (Lipinski definition) is 1. The molecule has 1 N–H and O–H groups in total. The third-order valence-electron chi connectivity index (χ3n) is 6.20. The molecule has 2 aromatic heterocycles. The maximum atomic E-state index is 11.2. The maximum absolute atomic E-state index is 11.2. The van der Waals surface area contributed by atoms with Gasteiger partial charge in [-0.25, -0.2) is 0 Å². The molecule has 0 aliphatic rings. The zero-order valence-electron chi connectivity index (χ0n) is 20.1. The first-order chi connectivity index (χ1) is 17.6. The normalized spacial score (nSPS) is 11.2. The summed E-state index contributed by atoms with van der Waals surface area (Å²) < 4.78 is 19.4. The number of carboxylic acid groups (broad SMARTS) is 1. The Morgan fingerprint density at radius 1 is 0.944 bits per heavy atom. The van der Waals surface area contributed by atoms with E-state index in [4.69, 9.17) is 14.0 Å². The van der Waals surface area contributed by atoms with Gasteiger partial charge >= 0.3 is 5.97 Å². The molecular weight excluding hydrogens is 456 g/mol. The summed E-state index contributed by atoms with van der Waals surface area (Å²) in [6.45, 7) is 3.57. The summed E-state index contributed by atoms with van der Waals surface area (Å²) in [6.07, 6.45) is 3.37. The lowest BCUT2D eigenvalue weighted by atomic mass is 10.1. The fourth-order valence-electron chi connectivity index (χ4n) is 4.46. The Bertz CT molecular complexity index is 1490. The molecule has 5 aromatic rings. The van der Waals surface area contributed by atoms with Crippen LogP contribution in [0.5, 0.6) is 11.5 Å². The minimum absolute atomic E-state index is 0.0675. The van der Waals surface area contributed by atoms with Gasteiger partial charge in [0, 0.05) is 35.0 Å².